The van der Waals surface area contributed by atoms with Crippen LogP contribution in [-0.2, 0) is 11.3 Å². The van der Waals surface area contributed by atoms with Gasteiger partial charge in [-0.05, 0) is 24.3 Å². The molecule has 4 aromatic rings. The highest BCUT2D eigenvalue weighted by molar-refractivity contribution is 7.99. The molecule has 0 spiro atoms. The number of thioether (sulfide) groups is 1. The number of nitrogens with one attached hydrogen (secondary N) is 1. The van der Waals surface area contributed by atoms with Gasteiger partial charge in [-0.15, -0.1) is 16.8 Å². The maximum absolute atomic E-state index is 14.2. The fraction of sp³-hybridized carbons (Fsp3) is 0.100. The average Bonchev–Trinajstić information content (AvgIpc) is 3.30. The Morgan fingerprint density at radius 1 is 1.21 bits per heavy atom. The van der Waals surface area contributed by atoms with Crippen molar-refractivity contribution in [3.63, 3.8) is 0 Å². The first-order chi connectivity index (χ1) is 14.2. The Labute approximate surface area is 174 Å². The smallest absolute Gasteiger partial charge is 0.236 e. The number of para-hydroxylation sites is 1. The molecule has 6 nitrogen and oxygen atoms in total. The van der Waals surface area contributed by atoms with Gasteiger partial charge in [0.1, 0.15) is 5.82 Å². The van der Waals surface area contributed by atoms with E-state index in [1.807, 2.05) is 24.3 Å². The lowest BCUT2D eigenvalue weighted by atomic mass is 10.2. The van der Waals surface area contributed by atoms with E-state index >= 15 is 0 Å². The largest absolute Gasteiger partial charge is 0.301 e. The van der Waals surface area contributed by atoms with Gasteiger partial charge in [-0.1, -0.05) is 53.4 Å². The molecule has 0 bridgehead atoms. The van der Waals surface area contributed by atoms with Crippen LogP contribution in [0, 0.1) is 5.82 Å². The molecule has 0 saturated heterocycles. The number of amides is 1. The molecule has 0 atom stereocenters. The number of nitrogens with zero attached hydrogens (tertiary/aromatic N) is 4. The van der Waals surface area contributed by atoms with Crippen LogP contribution in [0.4, 0.5) is 9.52 Å². The van der Waals surface area contributed by atoms with Gasteiger partial charge in [0.25, 0.3) is 0 Å². The number of halogens is 1. The van der Waals surface area contributed by atoms with Crippen LogP contribution >= 0.6 is 23.1 Å². The number of fused-ring (bicyclic) bond motifs is 1. The number of hydrogen-bond donors (Lipinski definition) is 1. The van der Waals surface area contributed by atoms with Crippen LogP contribution in [0.2, 0.25) is 0 Å². The molecule has 2 aromatic heterocycles. The predicted molar refractivity (Wildman–Crippen MR) is 115 cm³/mol. The molecule has 0 aliphatic heterocycles. The SMILES string of the molecule is C=CCn1c(SCC(=O)Nc2nc3ccccc3s2)nnc1-c1ccccc1F. The third kappa shape index (κ3) is 4.20. The molecule has 0 radical (unpaired) electrons. The minimum Gasteiger partial charge on any atom is -0.301 e. The molecule has 0 saturated carbocycles. The van der Waals surface area contributed by atoms with Gasteiger partial charge in [0.15, 0.2) is 16.1 Å². The molecule has 146 valence electrons. The summed E-state index contributed by atoms with van der Waals surface area (Å²) in [4.78, 5) is 16.8. The molecule has 1 N–H and O–H groups in total. The third-order valence-corrected chi connectivity index (χ3v) is 5.93. The third-order valence-electron chi connectivity index (χ3n) is 4.02. The maximum atomic E-state index is 14.2. The van der Waals surface area contributed by atoms with Crippen molar-refractivity contribution in [1.82, 2.24) is 19.7 Å². The van der Waals surface area contributed by atoms with Gasteiger partial charge >= 0.3 is 0 Å². The van der Waals surface area contributed by atoms with Crippen LogP contribution < -0.4 is 5.32 Å². The Hall–Kier alpha value is -3.04. The molecule has 29 heavy (non-hydrogen) atoms. The molecule has 1 amide bonds. The van der Waals surface area contributed by atoms with Crippen molar-refractivity contribution in [2.45, 2.75) is 11.7 Å². The lowest BCUT2D eigenvalue weighted by Crippen LogP contribution is -2.14. The van der Waals surface area contributed by atoms with Crippen molar-refractivity contribution in [3.05, 3.63) is 67.0 Å². The van der Waals surface area contributed by atoms with Crippen molar-refractivity contribution in [2.75, 3.05) is 11.1 Å². The zero-order valence-electron chi connectivity index (χ0n) is 15.2. The number of thiazole rings is 1. The van der Waals surface area contributed by atoms with Gasteiger partial charge in [0.2, 0.25) is 5.91 Å². The predicted octanol–water partition coefficient (Wildman–Crippen LogP) is 4.61. The summed E-state index contributed by atoms with van der Waals surface area (Å²) in [5.74, 6) is -0.0512. The number of anilines is 1. The van der Waals surface area contributed by atoms with Crippen LogP contribution in [-0.4, -0.2) is 31.4 Å². The van der Waals surface area contributed by atoms with Gasteiger partial charge in [-0.25, -0.2) is 9.37 Å². The van der Waals surface area contributed by atoms with E-state index in [0.29, 0.717) is 28.2 Å². The van der Waals surface area contributed by atoms with E-state index in [-0.39, 0.29) is 17.5 Å². The second-order valence-electron chi connectivity index (χ2n) is 6.01. The van der Waals surface area contributed by atoms with Crippen LogP contribution in [0.25, 0.3) is 21.6 Å². The summed E-state index contributed by atoms with van der Waals surface area (Å²) in [6, 6.07) is 14.1. The van der Waals surface area contributed by atoms with E-state index in [2.05, 4.69) is 27.1 Å². The summed E-state index contributed by atoms with van der Waals surface area (Å²) in [6.07, 6.45) is 1.68. The van der Waals surface area contributed by atoms with E-state index in [4.69, 9.17) is 0 Å². The summed E-state index contributed by atoms with van der Waals surface area (Å²) < 4.78 is 16.9. The lowest BCUT2D eigenvalue weighted by molar-refractivity contribution is -0.113. The Morgan fingerprint density at radius 2 is 2.00 bits per heavy atom. The van der Waals surface area contributed by atoms with E-state index in [1.54, 1.807) is 28.8 Å². The Kier molecular flexibility index (Phi) is 5.68. The lowest BCUT2D eigenvalue weighted by Gasteiger charge is -2.08. The summed E-state index contributed by atoms with van der Waals surface area (Å²) in [7, 11) is 0. The second kappa shape index (κ2) is 8.54. The number of rotatable bonds is 7. The van der Waals surface area contributed by atoms with Crippen LogP contribution in [0.1, 0.15) is 0 Å². The first-order valence-electron chi connectivity index (χ1n) is 8.73. The summed E-state index contributed by atoms with van der Waals surface area (Å²) >= 11 is 2.65. The number of hydrogen-bond acceptors (Lipinski definition) is 6. The summed E-state index contributed by atoms with van der Waals surface area (Å²) in [5.41, 5.74) is 1.20. The first-order valence-corrected chi connectivity index (χ1v) is 10.5. The number of carbonyl (C=O) groups is 1. The Bertz CT molecular complexity index is 1150. The van der Waals surface area contributed by atoms with Gasteiger partial charge in [0.05, 0.1) is 21.5 Å². The van der Waals surface area contributed by atoms with Crippen molar-refractivity contribution < 1.29 is 9.18 Å². The molecule has 2 heterocycles. The number of benzene rings is 2. The number of carbonyl (C=O) groups excluding carboxylic acids is 1. The monoisotopic (exact) mass is 425 g/mol. The van der Waals surface area contributed by atoms with E-state index in [9.17, 15) is 9.18 Å². The van der Waals surface area contributed by atoms with Crippen LogP contribution in [0.5, 0.6) is 0 Å². The highest BCUT2D eigenvalue weighted by atomic mass is 32.2. The Balaban J connectivity index is 1.48. The average molecular weight is 426 g/mol. The molecule has 0 fully saturated rings. The molecule has 2 aromatic carbocycles. The van der Waals surface area contributed by atoms with Crippen LogP contribution in [0.3, 0.4) is 0 Å². The normalized spacial score (nSPS) is 10.9. The summed E-state index contributed by atoms with van der Waals surface area (Å²) in [5, 5.41) is 12.1. The zero-order valence-corrected chi connectivity index (χ0v) is 16.8. The highest BCUT2D eigenvalue weighted by Gasteiger charge is 2.17. The maximum Gasteiger partial charge on any atom is 0.236 e. The van der Waals surface area contributed by atoms with E-state index in [0.717, 1.165) is 10.2 Å². The molecule has 0 unspecified atom stereocenters. The molecular formula is C20H16FN5OS2. The van der Waals surface area contributed by atoms with Crippen molar-refractivity contribution in [1.29, 1.82) is 0 Å². The number of aromatic nitrogens is 4. The second-order valence-corrected chi connectivity index (χ2v) is 7.98. The van der Waals surface area contributed by atoms with E-state index in [1.165, 1.54) is 29.2 Å². The highest BCUT2D eigenvalue weighted by Crippen LogP contribution is 2.27. The quantitative estimate of drug-likeness (QED) is 0.346. The fourth-order valence-electron chi connectivity index (χ4n) is 2.74. The van der Waals surface area contributed by atoms with Gasteiger partial charge in [0, 0.05) is 6.54 Å². The summed E-state index contributed by atoms with van der Waals surface area (Å²) in [6.45, 7) is 4.14. The number of allylic oxidation sites excluding steroid dienone is 1. The first kappa shape index (κ1) is 19.3. The molecule has 4 rings (SSSR count). The zero-order chi connectivity index (χ0) is 20.2. The standard InChI is InChI=1S/C20H16FN5OS2/c1-2-11-26-18(13-7-3-4-8-14(13)21)24-25-20(26)28-12-17(27)23-19-22-15-9-5-6-10-16(15)29-19/h2-10H,1,11-12H2,(H,22,23,27). The fourth-order valence-corrected chi connectivity index (χ4v) is 4.37. The van der Waals surface area contributed by atoms with E-state index < -0.39 is 0 Å². The van der Waals surface area contributed by atoms with Crippen LogP contribution in [0.15, 0.2) is 66.3 Å². The van der Waals surface area contributed by atoms with Crippen molar-refractivity contribution >= 4 is 44.4 Å². The Morgan fingerprint density at radius 3 is 2.79 bits per heavy atom. The molecule has 9 heteroatoms. The topological polar surface area (TPSA) is 72.7 Å². The van der Waals surface area contributed by atoms with Gasteiger partial charge < -0.3 is 5.32 Å². The van der Waals surface area contributed by atoms with Gasteiger partial charge in [-0.2, -0.15) is 0 Å². The molecular weight excluding hydrogens is 409 g/mol. The van der Waals surface area contributed by atoms with Gasteiger partial charge in [-0.3, -0.25) is 9.36 Å². The molecule has 0 aliphatic carbocycles. The molecule has 0 aliphatic rings. The van der Waals surface area contributed by atoms with Crippen molar-refractivity contribution in [2.24, 2.45) is 0 Å². The minimum atomic E-state index is -0.379. The van der Waals surface area contributed by atoms with Crippen molar-refractivity contribution in [3.8, 4) is 11.4 Å². The minimum absolute atomic E-state index is 0.127.